The molecule has 0 fully saturated rings. The van der Waals surface area contributed by atoms with Crippen molar-refractivity contribution in [3.05, 3.63) is 46.5 Å². The Bertz CT molecular complexity index is 473. The summed E-state index contributed by atoms with van der Waals surface area (Å²) in [5.74, 6) is -3.20. The molecular formula is C11H6F2O2. The van der Waals surface area contributed by atoms with Crippen LogP contribution in [0.4, 0.5) is 8.78 Å². The van der Waals surface area contributed by atoms with Crippen LogP contribution in [0.3, 0.4) is 0 Å². The van der Waals surface area contributed by atoms with E-state index in [0.717, 1.165) is 12.1 Å². The Morgan fingerprint density at radius 1 is 1.00 bits per heavy atom. The number of allylic oxidation sites excluding steroid dienone is 2. The SMILES string of the molecule is CC=C1C(=O)c2c(F)ccc(F)c2C1=O. The second kappa shape index (κ2) is 3.08. The van der Waals surface area contributed by atoms with Crippen LogP contribution in [0.2, 0.25) is 0 Å². The molecule has 76 valence electrons. The maximum Gasteiger partial charge on any atom is 0.200 e. The molecule has 0 aromatic heterocycles. The van der Waals surface area contributed by atoms with Crippen LogP contribution in [-0.2, 0) is 0 Å². The molecule has 0 atom stereocenters. The summed E-state index contributed by atoms with van der Waals surface area (Å²) in [4.78, 5) is 23.0. The van der Waals surface area contributed by atoms with Gasteiger partial charge in [-0.2, -0.15) is 0 Å². The molecule has 0 saturated carbocycles. The smallest absolute Gasteiger partial charge is 0.200 e. The Labute approximate surface area is 84.2 Å². The monoisotopic (exact) mass is 208 g/mol. The van der Waals surface area contributed by atoms with Crippen molar-refractivity contribution in [2.24, 2.45) is 0 Å². The van der Waals surface area contributed by atoms with Gasteiger partial charge in [0.2, 0.25) is 0 Å². The van der Waals surface area contributed by atoms with Crippen LogP contribution < -0.4 is 0 Å². The van der Waals surface area contributed by atoms with E-state index in [1.165, 1.54) is 13.0 Å². The molecule has 0 spiro atoms. The molecule has 1 aliphatic carbocycles. The zero-order valence-corrected chi connectivity index (χ0v) is 7.80. The number of carbonyl (C=O) groups is 2. The maximum absolute atomic E-state index is 13.2. The first-order valence-corrected chi connectivity index (χ1v) is 4.31. The van der Waals surface area contributed by atoms with Gasteiger partial charge in [0, 0.05) is 0 Å². The molecule has 2 rings (SSSR count). The van der Waals surface area contributed by atoms with Crippen LogP contribution in [0, 0.1) is 11.6 Å². The molecule has 4 heteroatoms. The number of carbonyl (C=O) groups excluding carboxylic acids is 2. The van der Waals surface area contributed by atoms with Gasteiger partial charge in [-0.1, -0.05) is 6.08 Å². The van der Waals surface area contributed by atoms with Gasteiger partial charge in [0.15, 0.2) is 11.6 Å². The highest BCUT2D eigenvalue weighted by Gasteiger charge is 2.37. The van der Waals surface area contributed by atoms with Crippen LogP contribution in [-0.4, -0.2) is 11.6 Å². The van der Waals surface area contributed by atoms with Crippen molar-refractivity contribution in [1.29, 1.82) is 0 Å². The first-order chi connectivity index (χ1) is 7.07. The van der Waals surface area contributed by atoms with E-state index in [2.05, 4.69) is 0 Å². The summed E-state index contributed by atoms with van der Waals surface area (Å²) in [6, 6.07) is 1.69. The molecule has 0 radical (unpaired) electrons. The Hall–Kier alpha value is -1.84. The Balaban J connectivity index is 2.83. The minimum Gasteiger partial charge on any atom is -0.288 e. The van der Waals surface area contributed by atoms with Gasteiger partial charge in [0.05, 0.1) is 16.7 Å². The molecule has 15 heavy (non-hydrogen) atoms. The molecule has 0 unspecified atom stereocenters. The van der Waals surface area contributed by atoms with E-state index in [9.17, 15) is 18.4 Å². The molecular weight excluding hydrogens is 202 g/mol. The lowest BCUT2D eigenvalue weighted by Crippen LogP contribution is -2.00. The summed E-state index contributed by atoms with van der Waals surface area (Å²) in [6.07, 6.45) is 1.27. The average Bonchev–Trinajstić information content (AvgIpc) is 2.46. The number of benzene rings is 1. The van der Waals surface area contributed by atoms with Crippen molar-refractivity contribution < 1.29 is 18.4 Å². The van der Waals surface area contributed by atoms with Crippen molar-refractivity contribution in [1.82, 2.24) is 0 Å². The van der Waals surface area contributed by atoms with E-state index in [-0.39, 0.29) is 5.57 Å². The normalized spacial score (nSPS) is 14.5. The van der Waals surface area contributed by atoms with Crippen molar-refractivity contribution in [3.8, 4) is 0 Å². The van der Waals surface area contributed by atoms with Crippen LogP contribution in [0.15, 0.2) is 23.8 Å². The maximum atomic E-state index is 13.2. The fourth-order valence-corrected chi connectivity index (χ4v) is 1.63. The minimum atomic E-state index is -0.860. The van der Waals surface area contributed by atoms with Crippen molar-refractivity contribution in [2.45, 2.75) is 6.92 Å². The van der Waals surface area contributed by atoms with E-state index < -0.39 is 34.3 Å². The molecule has 0 aliphatic heterocycles. The Morgan fingerprint density at radius 2 is 1.40 bits per heavy atom. The summed E-state index contributed by atoms with van der Waals surface area (Å²) < 4.78 is 26.5. The Morgan fingerprint density at radius 3 is 1.73 bits per heavy atom. The second-order valence-corrected chi connectivity index (χ2v) is 3.14. The molecule has 1 aromatic rings. The van der Waals surface area contributed by atoms with Crippen LogP contribution in [0.5, 0.6) is 0 Å². The number of hydrogen-bond acceptors (Lipinski definition) is 2. The van der Waals surface area contributed by atoms with Crippen molar-refractivity contribution in [3.63, 3.8) is 0 Å². The third kappa shape index (κ3) is 1.14. The van der Waals surface area contributed by atoms with E-state index in [0.29, 0.717) is 0 Å². The fraction of sp³-hybridized carbons (Fsp3) is 0.0909. The van der Waals surface area contributed by atoms with Crippen molar-refractivity contribution >= 4 is 11.6 Å². The zero-order chi connectivity index (χ0) is 11.2. The fourth-order valence-electron chi connectivity index (χ4n) is 1.63. The molecule has 1 aromatic carbocycles. The third-order valence-electron chi connectivity index (χ3n) is 2.34. The lowest BCUT2D eigenvalue weighted by molar-refractivity contribution is 0.0987. The first-order valence-electron chi connectivity index (χ1n) is 4.31. The van der Waals surface area contributed by atoms with Gasteiger partial charge in [-0.15, -0.1) is 0 Å². The van der Waals surface area contributed by atoms with E-state index in [1.54, 1.807) is 0 Å². The predicted octanol–water partition coefficient (Wildman–Crippen LogP) is 2.29. The van der Waals surface area contributed by atoms with Crippen LogP contribution in [0.25, 0.3) is 0 Å². The zero-order valence-electron chi connectivity index (χ0n) is 7.80. The highest BCUT2D eigenvalue weighted by Crippen LogP contribution is 2.30. The molecule has 1 aliphatic rings. The molecule has 0 heterocycles. The second-order valence-electron chi connectivity index (χ2n) is 3.14. The third-order valence-corrected chi connectivity index (χ3v) is 2.34. The predicted molar refractivity (Wildman–Crippen MR) is 48.8 cm³/mol. The molecule has 0 bridgehead atoms. The minimum absolute atomic E-state index is 0.172. The van der Waals surface area contributed by atoms with Gasteiger partial charge in [-0.05, 0) is 19.1 Å². The summed E-state index contributed by atoms with van der Waals surface area (Å²) in [6.45, 7) is 1.48. The quantitative estimate of drug-likeness (QED) is 0.484. The molecule has 2 nitrogen and oxygen atoms in total. The average molecular weight is 208 g/mol. The van der Waals surface area contributed by atoms with E-state index in [1.807, 2.05) is 0 Å². The molecule has 0 saturated heterocycles. The van der Waals surface area contributed by atoms with Gasteiger partial charge in [-0.25, -0.2) is 8.78 Å². The van der Waals surface area contributed by atoms with Gasteiger partial charge < -0.3 is 0 Å². The van der Waals surface area contributed by atoms with E-state index in [4.69, 9.17) is 0 Å². The summed E-state index contributed by atoms with van der Waals surface area (Å²) in [5, 5.41) is 0. The highest BCUT2D eigenvalue weighted by molar-refractivity contribution is 6.39. The number of hydrogen-bond donors (Lipinski definition) is 0. The van der Waals surface area contributed by atoms with Gasteiger partial charge >= 0.3 is 0 Å². The molecule has 0 N–H and O–H groups in total. The number of rotatable bonds is 0. The van der Waals surface area contributed by atoms with Gasteiger partial charge in [0.1, 0.15) is 11.6 Å². The number of halogens is 2. The Kier molecular flexibility index (Phi) is 2.00. The number of ketones is 2. The summed E-state index contributed by atoms with van der Waals surface area (Å²) in [7, 11) is 0. The number of Topliss-reactive ketones (excluding diaryl/α,β-unsaturated/α-hetero) is 2. The lowest BCUT2D eigenvalue weighted by atomic mass is 10.1. The largest absolute Gasteiger partial charge is 0.288 e. The van der Waals surface area contributed by atoms with Crippen LogP contribution >= 0.6 is 0 Å². The van der Waals surface area contributed by atoms with Crippen molar-refractivity contribution in [2.75, 3.05) is 0 Å². The summed E-state index contributed by atoms with van der Waals surface area (Å²) >= 11 is 0. The lowest BCUT2D eigenvalue weighted by Gasteiger charge is -1.97. The topological polar surface area (TPSA) is 34.1 Å². The summed E-state index contributed by atoms with van der Waals surface area (Å²) in [5.41, 5.74) is -1.07. The number of fused-ring (bicyclic) bond motifs is 1. The standard InChI is InChI=1S/C11H6F2O2/c1-2-5-10(14)8-6(12)3-4-7(13)9(8)11(5)15/h2-4H,1H3. The van der Waals surface area contributed by atoms with Gasteiger partial charge in [-0.3, -0.25) is 9.59 Å². The van der Waals surface area contributed by atoms with Crippen LogP contribution in [0.1, 0.15) is 27.6 Å². The van der Waals surface area contributed by atoms with E-state index >= 15 is 0 Å². The molecule has 0 amide bonds. The van der Waals surface area contributed by atoms with Gasteiger partial charge in [0.25, 0.3) is 0 Å². The highest BCUT2D eigenvalue weighted by atomic mass is 19.1. The first kappa shape index (κ1) is 9.71.